The Morgan fingerprint density at radius 3 is 2.40 bits per heavy atom. The minimum atomic E-state index is -0.821. The summed E-state index contributed by atoms with van der Waals surface area (Å²) in [6, 6.07) is 12.2. The first-order valence-electron chi connectivity index (χ1n) is 12.0. The molecule has 0 saturated heterocycles. The molecule has 0 aromatic heterocycles. The molecule has 1 aliphatic rings. The van der Waals surface area contributed by atoms with Gasteiger partial charge in [0, 0.05) is 12.6 Å². The number of amides is 2. The number of nitrogens with one attached hydrogen (secondary N) is 1. The van der Waals surface area contributed by atoms with Crippen LogP contribution in [0.4, 0.5) is 0 Å². The van der Waals surface area contributed by atoms with Crippen LogP contribution in [0, 0.1) is 0 Å². The highest BCUT2D eigenvalue weighted by molar-refractivity contribution is 6.27. The van der Waals surface area contributed by atoms with Crippen molar-refractivity contribution < 1.29 is 23.8 Å². The van der Waals surface area contributed by atoms with Crippen LogP contribution in [0.5, 0.6) is 17.2 Å². The molecule has 1 aliphatic carbocycles. The van der Waals surface area contributed by atoms with Crippen LogP contribution < -0.4 is 19.5 Å². The van der Waals surface area contributed by atoms with E-state index in [2.05, 4.69) is 5.32 Å². The number of benzene rings is 2. The van der Waals surface area contributed by atoms with Crippen LogP contribution in [-0.2, 0) is 16.0 Å². The highest BCUT2D eigenvalue weighted by Crippen LogP contribution is 2.30. The van der Waals surface area contributed by atoms with Crippen molar-refractivity contribution in [2.45, 2.75) is 50.6 Å². The van der Waals surface area contributed by atoms with Crippen molar-refractivity contribution in [3.63, 3.8) is 0 Å². The molecule has 0 bridgehead atoms. The van der Waals surface area contributed by atoms with Gasteiger partial charge in [-0.25, -0.2) is 0 Å². The first-order chi connectivity index (χ1) is 17.0. The van der Waals surface area contributed by atoms with Gasteiger partial charge in [-0.2, -0.15) is 0 Å². The first-order valence-corrected chi connectivity index (χ1v) is 12.5. The fourth-order valence-electron chi connectivity index (χ4n) is 4.57. The fourth-order valence-corrected chi connectivity index (χ4v) is 4.73. The molecule has 1 N–H and O–H groups in total. The number of methoxy groups -OCH3 is 3. The quantitative estimate of drug-likeness (QED) is 0.457. The lowest BCUT2D eigenvalue weighted by atomic mass is 9.94. The zero-order valence-corrected chi connectivity index (χ0v) is 21.5. The van der Waals surface area contributed by atoms with E-state index in [1.54, 1.807) is 32.3 Å². The summed E-state index contributed by atoms with van der Waals surface area (Å²) in [5.41, 5.74) is 1.63. The molecule has 2 aromatic rings. The maximum absolute atomic E-state index is 13.6. The third kappa shape index (κ3) is 7.04. The van der Waals surface area contributed by atoms with Crippen LogP contribution in [-0.4, -0.2) is 56.5 Å². The number of alkyl halides is 1. The van der Waals surface area contributed by atoms with Gasteiger partial charge in [-0.1, -0.05) is 37.5 Å². The standard InChI is InChI=1S/C27H35ClN2O5/c1-33-22-11-7-8-20(17-22)26(27(32)29-21-9-5-4-6-10-21)30(25(31)18-28)15-14-19-12-13-23(34-2)24(16-19)35-3/h7-8,11-13,16-17,21,26H,4-6,9-10,14-15,18H2,1-3H3,(H,29,32). The highest BCUT2D eigenvalue weighted by Gasteiger charge is 2.32. The summed E-state index contributed by atoms with van der Waals surface area (Å²) in [4.78, 5) is 28.3. The van der Waals surface area contributed by atoms with Gasteiger partial charge in [-0.15, -0.1) is 11.6 Å². The van der Waals surface area contributed by atoms with E-state index >= 15 is 0 Å². The minimum absolute atomic E-state index is 0.114. The van der Waals surface area contributed by atoms with Gasteiger partial charge in [0.05, 0.1) is 21.3 Å². The average Bonchev–Trinajstić information content (AvgIpc) is 2.90. The predicted octanol–water partition coefficient (Wildman–Crippen LogP) is 4.51. The summed E-state index contributed by atoms with van der Waals surface area (Å²) < 4.78 is 16.1. The average molecular weight is 503 g/mol. The second-order valence-corrected chi connectivity index (χ2v) is 8.95. The van der Waals surface area contributed by atoms with Crippen molar-refractivity contribution in [3.05, 3.63) is 53.6 Å². The molecule has 1 fully saturated rings. The Morgan fingerprint density at radius 1 is 1.00 bits per heavy atom. The molecule has 2 amide bonds. The number of hydrogen-bond donors (Lipinski definition) is 1. The van der Waals surface area contributed by atoms with Crippen molar-refractivity contribution in [2.75, 3.05) is 33.8 Å². The molecule has 8 heteroatoms. The summed E-state index contributed by atoms with van der Waals surface area (Å²) in [5, 5.41) is 3.19. The zero-order valence-electron chi connectivity index (χ0n) is 20.7. The van der Waals surface area contributed by atoms with Gasteiger partial charge in [0.2, 0.25) is 11.8 Å². The van der Waals surface area contributed by atoms with Gasteiger partial charge in [-0.3, -0.25) is 9.59 Å². The molecule has 0 aliphatic heterocycles. The Balaban J connectivity index is 1.90. The third-order valence-corrected chi connectivity index (χ3v) is 6.67. The molecule has 35 heavy (non-hydrogen) atoms. The van der Waals surface area contributed by atoms with Gasteiger partial charge in [0.15, 0.2) is 11.5 Å². The molecule has 1 atom stereocenters. The van der Waals surface area contributed by atoms with Crippen LogP contribution >= 0.6 is 11.6 Å². The summed E-state index contributed by atoms with van der Waals surface area (Å²) in [7, 11) is 4.75. The molecule has 2 aromatic carbocycles. The van der Waals surface area contributed by atoms with E-state index < -0.39 is 6.04 Å². The van der Waals surface area contributed by atoms with E-state index in [0.29, 0.717) is 35.8 Å². The zero-order chi connectivity index (χ0) is 25.2. The fraction of sp³-hybridized carbons (Fsp3) is 0.481. The van der Waals surface area contributed by atoms with Crippen molar-refractivity contribution >= 4 is 23.4 Å². The molecule has 1 saturated carbocycles. The van der Waals surface area contributed by atoms with Crippen molar-refractivity contribution in [1.82, 2.24) is 10.2 Å². The van der Waals surface area contributed by atoms with Gasteiger partial charge >= 0.3 is 0 Å². The lowest BCUT2D eigenvalue weighted by Crippen LogP contribution is -2.48. The van der Waals surface area contributed by atoms with Gasteiger partial charge in [0.1, 0.15) is 17.7 Å². The SMILES string of the molecule is COc1cccc(C(C(=O)NC2CCCCC2)N(CCc2ccc(OC)c(OC)c2)C(=O)CCl)c1. The molecule has 190 valence electrons. The number of carbonyl (C=O) groups is 2. The maximum Gasteiger partial charge on any atom is 0.247 e. The molecule has 0 spiro atoms. The maximum atomic E-state index is 13.6. The monoisotopic (exact) mass is 502 g/mol. The number of rotatable bonds is 11. The van der Waals surface area contributed by atoms with E-state index in [1.807, 2.05) is 36.4 Å². The van der Waals surface area contributed by atoms with E-state index in [1.165, 1.54) is 6.42 Å². The van der Waals surface area contributed by atoms with Crippen LogP contribution in [0.15, 0.2) is 42.5 Å². The van der Waals surface area contributed by atoms with Crippen LogP contribution in [0.3, 0.4) is 0 Å². The Bertz CT molecular complexity index is 993. The lowest BCUT2D eigenvalue weighted by molar-refractivity contribution is -0.139. The highest BCUT2D eigenvalue weighted by atomic mass is 35.5. The number of ether oxygens (including phenoxy) is 3. The van der Waals surface area contributed by atoms with E-state index in [4.69, 9.17) is 25.8 Å². The predicted molar refractivity (Wildman–Crippen MR) is 136 cm³/mol. The Morgan fingerprint density at radius 2 is 1.74 bits per heavy atom. The normalized spacial score (nSPS) is 14.6. The number of nitrogens with zero attached hydrogens (tertiary/aromatic N) is 1. The molecule has 0 radical (unpaired) electrons. The molecular weight excluding hydrogens is 468 g/mol. The third-order valence-electron chi connectivity index (χ3n) is 6.45. The molecule has 1 unspecified atom stereocenters. The second kappa shape index (κ2) is 13.2. The molecule has 3 rings (SSSR count). The van der Waals surface area contributed by atoms with Crippen LogP contribution in [0.1, 0.15) is 49.3 Å². The van der Waals surface area contributed by atoms with Crippen molar-refractivity contribution in [1.29, 1.82) is 0 Å². The van der Waals surface area contributed by atoms with Crippen molar-refractivity contribution in [2.24, 2.45) is 0 Å². The van der Waals surface area contributed by atoms with Crippen LogP contribution in [0.25, 0.3) is 0 Å². The van der Waals surface area contributed by atoms with E-state index in [0.717, 1.165) is 31.2 Å². The largest absolute Gasteiger partial charge is 0.497 e. The number of halogens is 1. The number of hydrogen-bond acceptors (Lipinski definition) is 5. The summed E-state index contributed by atoms with van der Waals surface area (Å²) in [6.45, 7) is 0.307. The Kier molecular flexibility index (Phi) is 10.1. The molecule has 0 heterocycles. The smallest absolute Gasteiger partial charge is 0.247 e. The Labute approximate surface area is 212 Å². The lowest BCUT2D eigenvalue weighted by Gasteiger charge is -2.33. The topological polar surface area (TPSA) is 77.1 Å². The summed E-state index contributed by atoms with van der Waals surface area (Å²) in [5.74, 6) is 1.14. The minimum Gasteiger partial charge on any atom is -0.497 e. The second-order valence-electron chi connectivity index (χ2n) is 8.68. The Hall–Kier alpha value is -2.93. The molecule has 7 nitrogen and oxygen atoms in total. The molecular formula is C27H35ClN2O5. The number of carbonyl (C=O) groups excluding carboxylic acids is 2. The van der Waals surface area contributed by atoms with Gasteiger partial charge in [-0.05, 0) is 54.7 Å². The van der Waals surface area contributed by atoms with Gasteiger partial charge in [0.25, 0.3) is 0 Å². The van der Waals surface area contributed by atoms with Crippen LogP contribution in [0.2, 0.25) is 0 Å². The van der Waals surface area contributed by atoms with E-state index in [-0.39, 0.29) is 23.7 Å². The van der Waals surface area contributed by atoms with Gasteiger partial charge < -0.3 is 24.4 Å². The summed E-state index contributed by atoms with van der Waals surface area (Å²) >= 11 is 6.02. The summed E-state index contributed by atoms with van der Waals surface area (Å²) in [6.07, 6.45) is 5.79. The van der Waals surface area contributed by atoms with Crippen molar-refractivity contribution in [3.8, 4) is 17.2 Å². The van der Waals surface area contributed by atoms with E-state index in [9.17, 15) is 9.59 Å². The first kappa shape index (κ1) is 26.7.